The number of pyridine rings is 1. The number of amides is 1. The van der Waals surface area contributed by atoms with E-state index in [1.165, 1.54) is 12.3 Å². The molecule has 4 N–H and O–H groups in total. The first-order valence-electron chi connectivity index (χ1n) is 10.7. The fourth-order valence-electron chi connectivity index (χ4n) is 3.14. The number of ether oxygens (including phenoxy) is 1. The first-order valence-corrected chi connectivity index (χ1v) is 11.0. The third-order valence-electron chi connectivity index (χ3n) is 4.54. The molecule has 2 aromatic heterocycles. The fourth-order valence-corrected chi connectivity index (χ4v) is 3.44. The summed E-state index contributed by atoms with van der Waals surface area (Å²) in [5.74, 6) is -0.649. The Kier molecular flexibility index (Phi) is 7.92. The standard InChI is InChI=1S/C23H21ClFN9O4/c1-12(30-22(35)38-23(2,3)4)5-18(29-11-27)31-21-15-10-33(32-19(15)17(25)9-28-21)20-13(8-26)6-14(34(36)37)7-16(20)24/h5-7,9-11H,1H2,2-4H3,(H2,27,29)(H,28,31)(H,30,35)/b18-5+. The van der Waals surface area contributed by atoms with E-state index in [1.807, 2.05) is 6.07 Å². The summed E-state index contributed by atoms with van der Waals surface area (Å²) in [6, 6.07) is 3.92. The molecule has 13 nitrogen and oxygen atoms in total. The molecule has 15 heteroatoms. The van der Waals surface area contributed by atoms with Crippen LogP contribution < -0.4 is 16.4 Å². The number of hydrogen-bond acceptors (Lipinski definition) is 9. The molecule has 0 spiro atoms. The van der Waals surface area contributed by atoms with Gasteiger partial charge in [-0.05, 0) is 20.8 Å². The molecule has 3 rings (SSSR count). The van der Waals surface area contributed by atoms with Crippen molar-refractivity contribution in [2.45, 2.75) is 26.4 Å². The zero-order chi connectivity index (χ0) is 28.2. The van der Waals surface area contributed by atoms with E-state index in [4.69, 9.17) is 22.1 Å². The third kappa shape index (κ3) is 6.39. The molecule has 0 aliphatic carbocycles. The lowest BCUT2D eigenvalue weighted by Crippen LogP contribution is -2.31. The Morgan fingerprint density at radius 1 is 1.45 bits per heavy atom. The SMILES string of the molecule is C=C(/C=C(\N=C/N)Nc1ncc(F)c2nn(-c3c(Cl)cc([N+](=O)[O-])cc3C#N)cc12)NC(=O)OC(C)(C)C. The molecule has 0 bridgehead atoms. The maximum atomic E-state index is 14.6. The van der Waals surface area contributed by atoms with Crippen molar-refractivity contribution in [3.63, 3.8) is 0 Å². The van der Waals surface area contributed by atoms with Gasteiger partial charge in [0.05, 0.1) is 33.4 Å². The Morgan fingerprint density at radius 2 is 2.16 bits per heavy atom. The van der Waals surface area contributed by atoms with Gasteiger partial charge in [-0.1, -0.05) is 18.2 Å². The van der Waals surface area contributed by atoms with Gasteiger partial charge >= 0.3 is 6.09 Å². The predicted molar refractivity (Wildman–Crippen MR) is 138 cm³/mol. The number of rotatable bonds is 7. The summed E-state index contributed by atoms with van der Waals surface area (Å²) in [5.41, 5.74) is 4.11. The number of fused-ring (bicyclic) bond motifs is 1. The van der Waals surface area contributed by atoms with Crippen LogP contribution in [0.25, 0.3) is 16.6 Å². The Labute approximate surface area is 220 Å². The van der Waals surface area contributed by atoms with E-state index >= 15 is 0 Å². The van der Waals surface area contributed by atoms with Crippen molar-refractivity contribution in [1.82, 2.24) is 20.1 Å². The minimum absolute atomic E-state index is 0.00648. The number of non-ortho nitro benzene ring substituents is 1. The van der Waals surface area contributed by atoms with Crippen molar-refractivity contribution in [3.8, 4) is 11.8 Å². The molecule has 0 aliphatic heterocycles. The summed E-state index contributed by atoms with van der Waals surface area (Å²) in [6.45, 7) is 8.82. The summed E-state index contributed by atoms with van der Waals surface area (Å²) >= 11 is 6.23. The monoisotopic (exact) mass is 541 g/mol. The molecule has 0 fully saturated rings. The summed E-state index contributed by atoms with van der Waals surface area (Å²) < 4.78 is 20.9. The summed E-state index contributed by atoms with van der Waals surface area (Å²) in [6.07, 6.45) is 3.79. The average Bonchev–Trinajstić information content (AvgIpc) is 3.25. The molecule has 0 saturated carbocycles. The average molecular weight is 542 g/mol. The van der Waals surface area contributed by atoms with Gasteiger partial charge in [-0.15, -0.1) is 0 Å². The van der Waals surface area contributed by atoms with Crippen molar-refractivity contribution in [2.24, 2.45) is 10.7 Å². The molecule has 0 atom stereocenters. The van der Waals surface area contributed by atoms with E-state index in [0.29, 0.717) is 0 Å². The van der Waals surface area contributed by atoms with Gasteiger partial charge in [-0.25, -0.2) is 23.8 Å². The number of alkyl carbamates (subject to hydrolysis) is 1. The van der Waals surface area contributed by atoms with Crippen LogP contribution >= 0.6 is 11.6 Å². The number of nitriles is 1. The topological polar surface area (TPSA) is 186 Å². The van der Waals surface area contributed by atoms with Crippen LogP contribution in [0.15, 0.2) is 53.7 Å². The molecule has 196 valence electrons. The van der Waals surface area contributed by atoms with Gasteiger partial charge in [0, 0.05) is 30.1 Å². The molecule has 0 aliphatic rings. The number of nitrogens with one attached hydrogen (secondary N) is 2. The highest BCUT2D eigenvalue weighted by atomic mass is 35.5. The number of allylic oxidation sites excluding steroid dienone is 1. The van der Waals surface area contributed by atoms with Gasteiger partial charge in [-0.2, -0.15) is 10.4 Å². The van der Waals surface area contributed by atoms with Crippen molar-refractivity contribution in [1.29, 1.82) is 5.26 Å². The maximum absolute atomic E-state index is 14.6. The van der Waals surface area contributed by atoms with Gasteiger partial charge < -0.3 is 15.8 Å². The first kappa shape index (κ1) is 27.6. The smallest absolute Gasteiger partial charge is 0.412 e. The normalized spacial score (nSPS) is 11.8. The molecule has 0 unspecified atom stereocenters. The van der Waals surface area contributed by atoms with Crippen LogP contribution in [0.2, 0.25) is 5.02 Å². The zero-order valence-electron chi connectivity index (χ0n) is 20.3. The minimum Gasteiger partial charge on any atom is -0.444 e. The lowest BCUT2D eigenvalue weighted by atomic mass is 10.1. The second-order valence-corrected chi connectivity index (χ2v) is 8.98. The number of nitrogens with two attached hydrogens (primary N) is 1. The zero-order valence-corrected chi connectivity index (χ0v) is 21.1. The summed E-state index contributed by atoms with van der Waals surface area (Å²) in [4.78, 5) is 30.4. The van der Waals surface area contributed by atoms with Crippen molar-refractivity contribution >= 4 is 46.4 Å². The van der Waals surface area contributed by atoms with E-state index < -0.39 is 28.1 Å². The predicted octanol–water partition coefficient (Wildman–Crippen LogP) is 4.27. The van der Waals surface area contributed by atoms with Crippen molar-refractivity contribution < 1.29 is 18.8 Å². The first-order chi connectivity index (χ1) is 17.8. The van der Waals surface area contributed by atoms with Crippen LogP contribution in [-0.4, -0.2) is 37.7 Å². The summed E-state index contributed by atoms with van der Waals surface area (Å²) in [7, 11) is 0. The van der Waals surface area contributed by atoms with Crippen LogP contribution in [0.4, 0.5) is 20.7 Å². The van der Waals surface area contributed by atoms with Crippen LogP contribution in [0.1, 0.15) is 26.3 Å². The van der Waals surface area contributed by atoms with Crippen molar-refractivity contribution in [2.75, 3.05) is 5.32 Å². The van der Waals surface area contributed by atoms with Gasteiger partial charge in [0.15, 0.2) is 5.82 Å². The highest BCUT2D eigenvalue weighted by molar-refractivity contribution is 6.32. The number of benzene rings is 1. The number of nitro benzene ring substituents is 1. The number of anilines is 1. The molecular weight excluding hydrogens is 521 g/mol. The molecule has 0 saturated heterocycles. The number of aliphatic imine (C=N–C) groups is 1. The maximum Gasteiger partial charge on any atom is 0.412 e. The van der Waals surface area contributed by atoms with Crippen LogP contribution in [0.5, 0.6) is 0 Å². The van der Waals surface area contributed by atoms with Gasteiger partial charge in [0.2, 0.25) is 0 Å². The van der Waals surface area contributed by atoms with E-state index in [9.17, 15) is 24.6 Å². The Bertz CT molecular complexity index is 1550. The number of carbonyl (C=O) groups is 1. The van der Waals surface area contributed by atoms with E-state index in [1.54, 1.807) is 20.8 Å². The molecule has 3 aromatic rings. The van der Waals surface area contributed by atoms with Crippen molar-refractivity contribution in [3.05, 3.63) is 75.2 Å². The second kappa shape index (κ2) is 10.9. The number of carbonyl (C=O) groups excluding carboxylic acids is 1. The Morgan fingerprint density at radius 3 is 2.76 bits per heavy atom. The second-order valence-electron chi connectivity index (χ2n) is 8.57. The summed E-state index contributed by atoms with van der Waals surface area (Å²) in [5, 5.41) is 30.1. The lowest BCUT2D eigenvalue weighted by Gasteiger charge is -2.19. The molecular formula is C23H21ClFN9O4. The number of nitro groups is 1. The third-order valence-corrected chi connectivity index (χ3v) is 4.83. The van der Waals surface area contributed by atoms with Crippen LogP contribution in [0, 0.1) is 27.3 Å². The largest absolute Gasteiger partial charge is 0.444 e. The lowest BCUT2D eigenvalue weighted by molar-refractivity contribution is -0.384. The molecule has 1 amide bonds. The Hall–Kier alpha value is -5.03. The number of halogens is 2. The van der Waals surface area contributed by atoms with Gasteiger partial charge in [-0.3, -0.25) is 15.4 Å². The molecule has 1 aromatic carbocycles. The van der Waals surface area contributed by atoms with E-state index in [-0.39, 0.29) is 44.5 Å². The number of aromatic nitrogens is 3. The molecule has 2 heterocycles. The highest BCUT2D eigenvalue weighted by Crippen LogP contribution is 2.32. The van der Waals surface area contributed by atoms with Crippen LogP contribution in [-0.2, 0) is 4.74 Å². The van der Waals surface area contributed by atoms with Gasteiger partial charge in [0.1, 0.15) is 34.5 Å². The number of hydrogen-bond donors (Lipinski definition) is 3. The quantitative estimate of drug-likeness (QED) is 0.129. The van der Waals surface area contributed by atoms with E-state index in [2.05, 4.69) is 32.3 Å². The van der Waals surface area contributed by atoms with Gasteiger partial charge in [0.25, 0.3) is 5.69 Å². The molecule has 38 heavy (non-hydrogen) atoms. The highest BCUT2D eigenvalue weighted by Gasteiger charge is 2.21. The Balaban J connectivity index is 2.02. The fraction of sp³-hybridized carbons (Fsp3) is 0.174. The number of nitrogens with zero attached hydrogens (tertiary/aromatic N) is 6. The van der Waals surface area contributed by atoms with E-state index in [0.717, 1.165) is 29.3 Å². The minimum atomic E-state index is -0.787. The van der Waals surface area contributed by atoms with Crippen LogP contribution in [0.3, 0.4) is 0 Å². The molecule has 0 radical (unpaired) electrons.